The molecule has 1 unspecified atom stereocenters. The lowest BCUT2D eigenvalue weighted by molar-refractivity contribution is 0.0469. The topological polar surface area (TPSA) is 49.5 Å². The maximum absolute atomic E-state index is 9.75. The Kier molecular flexibility index (Phi) is 6.33. The number of nitrogens with zero attached hydrogens (tertiary/aromatic N) is 1. The summed E-state index contributed by atoms with van der Waals surface area (Å²) in [4.78, 5) is 2.36. The van der Waals surface area contributed by atoms with Crippen LogP contribution >= 0.6 is 0 Å². The monoisotopic (exact) mass is 202 g/mol. The number of rotatable bonds is 7. The molecule has 3 heteroatoms. The van der Waals surface area contributed by atoms with E-state index in [9.17, 15) is 5.11 Å². The van der Waals surface area contributed by atoms with Gasteiger partial charge in [-0.1, -0.05) is 20.8 Å². The van der Waals surface area contributed by atoms with Crippen LogP contribution in [0.5, 0.6) is 0 Å². The minimum absolute atomic E-state index is 0.340. The summed E-state index contributed by atoms with van der Waals surface area (Å²) >= 11 is 0. The van der Waals surface area contributed by atoms with Gasteiger partial charge in [-0.05, 0) is 25.8 Å². The van der Waals surface area contributed by atoms with Crippen LogP contribution in [0.4, 0.5) is 0 Å². The van der Waals surface area contributed by atoms with Gasteiger partial charge in [-0.25, -0.2) is 0 Å². The molecule has 0 aliphatic carbocycles. The molecule has 86 valence electrons. The molecular weight excluding hydrogens is 176 g/mol. The van der Waals surface area contributed by atoms with Gasteiger partial charge in [0, 0.05) is 19.6 Å². The van der Waals surface area contributed by atoms with Gasteiger partial charge in [0.25, 0.3) is 0 Å². The zero-order valence-electron chi connectivity index (χ0n) is 10.1. The first-order chi connectivity index (χ1) is 6.41. The van der Waals surface area contributed by atoms with Crippen molar-refractivity contribution in [1.29, 1.82) is 0 Å². The fraction of sp³-hybridized carbons (Fsp3) is 1.00. The Hall–Kier alpha value is -0.120. The number of aliphatic hydroxyl groups is 1. The molecule has 0 aromatic carbocycles. The molecule has 14 heavy (non-hydrogen) atoms. The predicted molar refractivity (Wildman–Crippen MR) is 61.2 cm³/mol. The highest BCUT2D eigenvalue weighted by atomic mass is 16.3. The third kappa shape index (κ3) is 6.35. The molecule has 0 aromatic rings. The highest BCUT2D eigenvalue weighted by molar-refractivity contribution is 4.75. The van der Waals surface area contributed by atoms with Gasteiger partial charge >= 0.3 is 0 Å². The molecule has 0 radical (unpaired) electrons. The van der Waals surface area contributed by atoms with E-state index in [0.717, 1.165) is 26.1 Å². The van der Waals surface area contributed by atoms with Crippen molar-refractivity contribution in [2.24, 2.45) is 11.7 Å². The summed E-state index contributed by atoms with van der Waals surface area (Å²) in [5.41, 5.74) is 4.76. The fourth-order valence-corrected chi connectivity index (χ4v) is 1.40. The lowest BCUT2D eigenvalue weighted by Gasteiger charge is -2.27. The van der Waals surface area contributed by atoms with Crippen LogP contribution in [0.3, 0.4) is 0 Å². The summed E-state index contributed by atoms with van der Waals surface area (Å²) in [5, 5.41) is 9.75. The molecule has 3 N–H and O–H groups in total. The molecule has 0 saturated heterocycles. The van der Waals surface area contributed by atoms with E-state index in [-0.39, 0.29) is 0 Å². The number of hydrogen-bond acceptors (Lipinski definition) is 3. The van der Waals surface area contributed by atoms with Crippen LogP contribution in [0.1, 0.15) is 34.1 Å². The van der Waals surface area contributed by atoms with Gasteiger partial charge in [0.15, 0.2) is 0 Å². The van der Waals surface area contributed by atoms with E-state index >= 15 is 0 Å². The average Bonchev–Trinajstić information content (AvgIpc) is 2.12. The van der Waals surface area contributed by atoms with Crippen LogP contribution in [0.2, 0.25) is 0 Å². The molecule has 0 aliphatic heterocycles. The van der Waals surface area contributed by atoms with E-state index in [1.807, 2.05) is 0 Å². The van der Waals surface area contributed by atoms with Crippen molar-refractivity contribution in [2.45, 2.75) is 39.7 Å². The van der Waals surface area contributed by atoms with Gasteiger partial charge in [0.05, 0.1) is 5.60 Å². The van der Waals surface area contributed by atoms with Gasteiger partial charge in [-0.15, -0.1) is 0 Å². The third-order valence-electron chi connectivity index (χ3n) is 2.48. The van der Waals surface area contributed by atoms with E-state index in [2.05, 4.69) is 25.7 Å². The summed E-state index contributed by atoms with van der Waals surface area (Å²) < 4.78 is 0. The van der Waals surface area contributed by atoms with Crippen molar-refractivity contribution in [3.05, 3.63) is 0 Å². The van der Waals surface area contributed by atoms with Gasteiger partial charge in [-0.2, -0.15) is 0 Å². The Bertz CT molecular complexity index is 146. The molecule has 0 bridgehead atoms. The highest BCUT2D eigenvalue weighted by Crippen LogP contribution is 2.09. The van der Waals surface area contributed by atoms with E-state index in [0.29, 0.717) is 12.5 Å². The van der Waals surface area contributed by atoms with Crippen molar-refractivity contribution >= 4 is 0 Å². The van der Waals surface area contributed by atoms with Gasteiger partial charge in [0.2, 0.25) is 0 Å². The molecule has 0 aromatic heterocycles. The van der Waals surface area contributed by atoms with Crippen molar-refractivity contribution in [3.63, 3.8) is 0 Å². The highest BCUT2D eigenvalue weighted by Gasteiger charge is 2.18. The van der Waals surface area contributed by atoms with Crippen LogP contribution in [0, 0.1) is 5.92 Å². The molecular formula is C11H26N2O. The standard InChI is InChI=1S/C11H26N2O/c1-5-13(8-10(2)3)7-6-11(4,14)9-12/h10,14H,5-9,12H2,1-4H3. The maximum Gasteiger partial charge on any atom is 0.0753 e. The SMILES string of the molecule is CCN(CCC(C)(O)CN)CC(C)C. The summed E-state index contributed by atoms with van der Waals surface area (Å²) in [6.07, 6.45) is 0.754. The summed E-state index contributed by atoms with van der Waals surface area (Å²) in [6, 6.07) is 0. The first kappa shape index (κ1) is 13.9. The molecule has 0 saturated carbocycles. The maximum atomic E-state index is 9.75. The lowest BCUT2D eigenvalue weighted by Crippen LogP contribution is -2.39. The molecule has 0 aliphatic rings. The van der Waals surface area contributed by atoms with E-state index in [1.165, 1.54) is 0 Å². The molecule has 0 heterocycles. The smallest absolute Gasteiger partial charge is 0.0753 e. The minimum Gasteiger partial charge on any atom is -0.389 e. The van der Waals surface area contributed by atoms with Crippen LogP contribution in [0.25, 0.3) is 0 Å². The molecule has 0 fully saturated rings. The van der Waals surface area contributed by atoms with Crippen molar-refractivity contribution < 1.29 is 5.11 Å². The molecule has 1 atom stereocenters. The Morgan fingerprint density at radius 1 is 1.43 bits per heavy atom. The quantitative estimate of drug-likeness (QED) is 0.649. The van der Waals surface area contributed by atoms with Gasteiger partial charge < -0.3 is 15.7 Å². The van der Waals surface area contributed by atoms with Crippen LogP contribution in [-0.2, 0) is 0 Å². The normalized spacial score (nSPS) is 16.3. The Morgan fingerprint density at radius 3 is 2.36 bits per heavy atom. The fourth-order valence-electron chi connectivity index (χ4n) is 1.40. The van der Waals surface area contributed by atoms with E-state index < -0.39 is 5.60 Å². The summed E-state index contributed by atoms with van der Waals surface area (Å²) in [6.45, 7) is 11.8. The van der Waals surface area contributed by atoms with Crippen molar-refractivity contribution in [3.8, 4) is 0 Å². The molecule has 3 nitrogen and oxygen atoms in total. The molecule has 0 amide bonds. The van der Waals surface area contributed by atoms with Gasteiger partial charge in [0.1, 0.15) is 0 Å². The third-order valence-corrected chi connectivity index (χ3v) is 2.48. The Labute approximate surface area is 88.3 Å². The largest absolute Gasteiger partial charge is 0.389 e. The zero-order chi connectivity index (χ0) is 11.2. The molecule has 0 spiro atoms. The van der Waals surface area contributed by atoms with Crippen LogP contribution in [0.15, 0.2) is 0 Å². The molecule has 0 rings (SSSR count). The summed E-state index contributed by atoms with van der Waals surface area (Å²) in [5.74, 6) is 0.678. The number of hydrogen-bond donors (Lipinski definition) is 2. The summed E-state index contributed by atoms with van der Waals surface area (Å²) in [7, 11) is 0. The van der Waals surface area contributed by atoms with Crippen LogP contribution < -0.4 is 5.73 Å². The first-order valence-electron chi connectivity index (χ1n) is 5.56. The second kappa shape index (κ2) is 6.38. The Morgan fingerprint density at radius 2 is 2.00 bits per heavy atom. The van der Waals surface area contributed by atoms with E-state index in [4.69, 9.17) is 5.73 Å². The minimum atomic E-state index is -0.704. The average molecular weight is 202 g/mol. The van der Waals surface area contributed by atoms with Crippen molar-refractivity contribution in [2.75, 3.05) is 26.2 Å². The van der Waals surface area contributed by atoms with Crippen molar-refractivity contribution in [1.82, 2.24) is 4.90 Å². The lowest BCUT2D eigenvalue weighted by atomic mass is 10.0. The zero-order valence-corrected chi connectivity index (χ0v) is 10.1. The second-order valence-corrected chi connectivity index (χ2v) is 4.74. The van der Waals surface area contributed by atoms with Gasteiger partial charge in [-0.3, -0.25) is 0 Å². The second-order valence-electron chi connectivity index (χ2n) is 4.74. The number of nitrogens with two attached hydrogens (primary N) is 1. The Balaban J connectivity index is 3.83. The predicted octanol–water partition coefficient (Wildman–Crippen LogP) is 1.06. The van der Waals surface area contributed by atoms with Crippen LogP contribution in [-0.4, -0.2) is 41.8 Å². The first-order valence-corrected chi connectivity index (χ1v) is 5.56. The van der Waals surface area contributed by atoms with E-state index in [1.54, 1.807) is 6.92 Å².